The van der Waals surface area contributed by atoms with Gasteiger partial charge in [0.2, 0.25) is 0 Å². The number of hydrogen-bond acceptors (Lipinski definition) is 4. The van der Waals surface area contributed by atoms with Gasteiger partial charge in [-0.25, -0.2) is 0 Å². The quantitative estimate of drug-likeness (QED) is 0.666. The number of carbonyl (C=O) groups is 1. The molecule has 0 aliphatic rings. The molecule has 2 aromatic heterocycles. The highest BCUT2D eigenvalue weighted by Gasteiger charge is 2.23. The van der Waals surface area contributed by atoms with Crippen LogP contribution < -0.4 is 0 Å². The third kappa shape index (κ3) is 2.19. The van der Waals surface area contributed by atoms with E-state index in [0.717, 1.165) is 15.0 Å². The molecule has 2 heterocycles. The van der Waals surface area contributed by atoms with E-state index < -0.39 is 5.92 Å². The molecule has 0 aliphatic carbocycles. The zero-order valence-corrected chi connectivity index (χ0v) is 11.5. The number of rotatable bonds is 3. The fourth-order valence-corrected chi connectivity index (χ4v) is 4.04. The number of carbonyl (C=O) groups excluding carboxylic acids is 1. The van der Waals surface area contributed by atoms with Crippen molar-refractivity contribution in [3.05, 3.63) is 58.3 Å². The summed E-state index contributed by atoms with van der Waals surface area (Å²) in [7, 11) is 0. The minimum Gasteiger partial charge on any atom is -0.291 e. The summed E-state index contributed by atoms with van der Waals surface area (Å²) in [4.78, 5) is 13.1. The van der Waals surface area contributed by atoms with Crippen LogP contribution in [0.5, 0.6) is 0 Å². The van der Waals surface area contributed by atoms with Gasteiger partial charge in [0.05, 0.1) is 10.9 Å². The number of hydrogen-bond donors (Lipinski definition) is 0. The molecule has 0 bridgehead atoms. The number of fused-ring (bicyclic) bond motifs is 1. The number of Topliss-reactive ketones (excluding diaryl/α,β-unsaturated/α-hetero) is 1. The van der Waals surface area contributed by atoms with E-state index in [2.05, 4.69) is 6.07 Å². The lowest BCUT2D eigenvalue weighted by atomic mass is 9.95. The van der Waals surface area contributed by atoms with Crippen LogP contribution in [0.25, 0.3) is 9.40 Å². The molecule has 1 aromatic carbocycles. The molecule has 1 unspecified atom stereocenters. The Balaban J connectivity index is 1.98. The third-order valence-corrected chi connectivity index (χ3v) is 5.01. The van der Waals surface area contributed by atoms with Crippen LogP contribution >= 0.6 is 22.7 Å². The molecule has 0 spiro atoms. The maximum absolute atomic E-state index is 12.4. The van der Waals surface area contributed by atoms with Gasteiger partial charge >= 0.3 is 0 Å². The van der Waals surface area contributed by atoms with Crippen molar-refractivity contribution in [2.45, 2.75) is 5.92 Å². The summed E-state index contributed by atoms with van der Waals surface area (Å²) in [5.41, 5.74) is 0.756. The molecule has 0 N–H and O–H groups in total. The first-order valence-corrected chi connectivity index (χ1v) is 7.45. The average molecular weight is 283 g/mol. The molecular formula is C15H9NOS2. The van der Waals surface area contributed by atoms with Gasteiger partial charge < -0.3 is 0 Å². The zero-order chi connectivity index (χ0) is 13.2. The van der Waals surface area contributed by atoms with Crippen LogP contribution in [0.2, 0.25) is 0 Å². The molecule has 19 heavy (non-hydrogen) atoms. The van der Waals surface area contributed by atoms with E-state index in [0.29, 0.717) is 4.88 Å². The van der Waals surface area contributed by atoms with Crippen LogP contribution in [0.1, 0.15) is 21.2 Å². The van der Waals surface area contributed by atoms with Crippen LogP contribution in [0, 0.1) is 11.3 Å². The van der Waals surface area contributed by atoms with Crippen LogP contribution in [0.3, 0.4) is 0 Å². The number of nitriles is 1. The molecular weight excluding hydrogens is 274 g/mol. The molecule has 3 aromatic rings. The average Bonchev–Trinajstić information content (AvgIpc) is 3.01. The first kappa shape index (κ1) is 12.1. The highest BCUT2D eigenvalue weighted by Crippen LogP contribution is 2.32. The lowest BCUT2D eigenvalue weighted by Gasteiger charge is -2.06. The van der Waals surface area contributed by atoms with Crippen LogP contribution in [0.4, 0.5) is 0 Å². The lowest BCUT2D eigenvalue weighted by Crippen LogP contribution is -2.09. The normalized spacial score (nSPS) is 12.2. The van der Waals surface area contributed by atoms with Gasteiger partial charge in [0, 0.05) is 9.40 Å². The smallest absolute Gasteiger partial charge is 0.194 e. The Kier molecular flexibility index (Phi) is 3.16. The van der Waals surface area contributed by atoms with Crippen molar-refractivity contribution in [3.63, 3.8) is 0 Å². The maximum atomic E-state index is 12.4. The third-order valence-electron chi connectivity index (χ3n) is 2.91. The predicted octanol–water partition coefficient (Wildman–Crippen LogP) is 4.45. The molecule has 2 nitrogen and oxygen atoms in total. The Morgan fingerprint density at radius 3 is 2.63 bits per heavy atom. The van der Waals surface area contributed by atoms with Crippen molar-refractivity contribution in [1.82, 2.24) is 0 Å². The highest BCUT2D eigenvalue weighted by molar-refractivity contribution is 7.27. The molecule has 0 fully saturated rings. The summed E-state index contributed by atoms with van der Waals surface area (Å²) in [6.45, 7) is 0. The van der Waals surface area contributed by atoms with Gasteiger partial charge in [-0.2, -0.15) is 5.26 Å². The van der Waals surface area contributed by atoms with E-state index in [1.807, 2.05) is 47.8 Å². The number of benzene rings is 1. The fraction of sp³-hybridized carbons (Fsp3) is 0.0667. The molecule has 0 saturated carbocycles. The number of ketones is 1. The standard InChI is InChI=1S/C15H9NOS2/c16-9-11(10-4-2-1-3-5-10)15(17)14-8-13-12(19-14)6-7-18-13/h1-8,11H. The Labute approximate surface area is 118 Å². The Morgan fingerprint density at radius 2 is 1.95 bits per heavy atom. The van der Waals surface area contributed by atoms with E-state index in [1.54, 1.807) is 11.3 Å². The molecule has 0 aliphatic heterocycles. The molecule has 0 saturated heterocycles. The Hall–Kier alpha value is -1.96. The van der Waals surface area contributed by atoms with Gasteiger partial charge in [0.15, 0.2) is 5.78 Å². The highest BCUT2D eigenvalue weighted by atomic mass is 32.1. The Bertz CT molecular complexity index is 736. The van der Waals surface area contributed by atoms with E-state index in [-0.39, 0.29) is 5.78 Å². The largest absolute Gasteiger partial charge is 0.291 e. The molecule has 0 radical (unpaired) electrons. The monoisotopic (exact) mass is 283 g/mol. The van der Waals surface area contributed by atoms with Gasteiger partial charge in [-0.15, -0.1) is 22.7 Å². The summed E-state index contributed by atoms with van der Waals surface area (Å²) >= 11 is 3.08. The first-order chi connectivity index (χ1) is 9.29. The van der Waals surface area contributed by atoms with E-state index in [9.17, 15) is 10.1 Å². The second-order valence-corrected chi connectivity index (χ2v) is 6.13. The van der Waals surface area contributed by atoms with Gasteiger partial charge in [-0.3, -0.25) is 4.79 Å². The molecule has 92 valence electrons. The second kappa shape index (κ2) is 4.96. The second-order valence-electron chi connectivity index (χ2n) is 4.10. The van der Waals surface area contributed by atoms with Crippen molar-refractivity contribution in [2.24, 2.45) is 0 Å². The summed E-state index contributed by atoms with van der Waals surface area (Å²) in [5, 5.41) is 11.3. The molecule has 4 heteroatoms. The van der Waals surface area contributed by atoms with Gasteiger partial charge in [0.1, 0.15) is 5.92 Å². The molecule has 3 rings (SSSR count). The lowest BCUT2D eigenvalue weighted by molar-refractivity contribution is 0.0983. The SMILES string of the molecule is N#CC(C(=O)c1cc2sccc2s1)c1ccccc1. The van der Waals surface area contributed by atoms with Crippen molar-refractivity contribution in [2.75, 3.05) is 0 Å². The van der Waals surface area contributed by atoms with Crippen LogP contribution in [0.15, 0.2) is 47.8 Å². The number of thiophene rings is 2. The van der Waals surface area contributed by atoms with E-state index in [1.165, 1.54) is 11.3 Å². The van der Waals surface area contributed by atoms with Crippen molar-refractivity contribution in [3.8, 4) is 6.07 Å². The van der Waals surface area contributed by atoms with Gasteiger partial charge in [0.25, 0.3) is 0 Å². The minimum atomic E-state index is -0.714. The van der Waals surface area contributed by atoms with E-state index in [4.69, 9.17) is 0 Å². The van der Waals surface area contributed by atoms with Crippen molar-refractivity contribution < 1.29 is 4.79 Å². The van der Waals surface area contributed by atoms with Gasteiger partial charge in [-0.05, 0) is 23.1 Å². The van der Waals surface area contributed by atoms with Crippen molar-refractivity contribution >= 4 is 37.9 Å². The van der Waals surface area contributed by atoms with E-state index >= 15 is 0 Å². The summed E-state index contributed by atoms with van der Waals surface area (Å²) in [6, 6.07) is 15.2. The Morgan fingerprint density at radius 1 is 1.16 bits per heavy atom. The fourth-order valence-electron chi connectivity index (χ4n) is 1.96. The first-order valence-electron chi connectivity index (χ1n) is 5.75. The predicted molar refractivity (Wildman–Crippen MR) is 78.8 cm³/mol. The summed E-state index contributed by atoms with van der Waals surface area (Å²) in [5.74, 6) is -0.823. The van der Waals surface area contributed by atoms with Crippen LogP contribution in [-0.4, -0.2) is 5.78 Å². The maximum Gasteiger partial charge on any atom is 0.194 e. The van der Waals surface area contributed by atoms with Gasteiger partial charge in [-0.1, -0.05) is 30.3 Å². The molecule has 1 atom stereocenters. The van der Waals surface area contributed by atoms with Crippen LogP contribution in [-0.2, 0) is 0 Å². The summed E-state index contributed by atoms with van der Waals surface area (Å²) < 4.78 is 2.22. The summed E-state index contributed by atoms with van der Waals surface area (Å²) in [6.07, 6.45) is 0. The van der Waals surface area contributed by atoms with Crippen molar-refractivity contribution in [1.29, 1.82) is 5.26 Å². The minimum absolute atomic E-state index is 0.109. The number of nitrogens with zero attached hydrogens (tertiary/aromatic N) is 1. The zero-order valence-electron chi connectivity index (χ0n) is 9.87. The topological polar surface area (TPSA) is 40.9 Å². The molecule has 0 amide bonds.